The first-order valence-corrected chi connectivity index (χ1v) is 3.93. The number of allylic oxidation sites excluding steroid dienone is 3. The monoisotopic (exact) mass is 151 g/mol. The predicted octanol–water partition coefficient (Wildman–Crippen LogP) is 3.33. The van der Waals surface area contributed by atoms with E-state index in [1.54, 1.807) is 0 Å². The van der Waals surface area contributed by atoms with Gasteiger partial charge < -0.3 is 5.41 Å². The van der Waals surface area contributed by atoms with E-state index < -0.39 is 0 Å². The van der Waals surface area contributed by atoms with Crippen molar-refractivity contribution in [2.75, 3.05) is 0 Å². The summed E-state index contributed by atoms with van der Waals surface area (Å²) in [4.78, 5) is 0. The number of hydrogen-bond donors (Lipinski definition) is 1. The van der Waals surface area contributed by atoms with Gasteiger partial charge in [-0.2, -0.15) is 0 Å². The topological polar surface area (TPSA) is 23.9 Å². The molecule has 0 saturated carbocycles. The largest absolute Gasteiger partial charge is 0.305 e. The molecule has 0 unspecified atom stereocenters. The summed E-state index contributed by atoms with van der Waals surface area (Å²) in [5.74, 6) is 0. The molecule has 0 aliphatic heterocycles. The Balaban J connectivity index is 3.72. The van der Waals surface area contributed by atoms with Crippen LogP contribution in [0.1, 0.15) is 33.6 Å². The van der Waals surface area contributed by atoms with Crippen LogP contribution in [0.2, 0.25) is 0 Å². The fraction of sp³-hybridized carbons (Fsp3) is 0.500. The summed E-state index contributed by atoms with van der Waals surface area (Å²) >= 11 is 0. The molecule has 0 bridgehead atoms. The second-order valence-corrected chi connectivity index (χ2v) is 2.89. The van der Waals surface area contributed by atoms with E-state index in [-0.39, 0.29) is 0 Å². The summed E-state index contributed by atoms with van der Waals surface area (Å²) in [5.41, 5.74) is 2.90. The van der Waals surface area contributed by atoms with Gasteiger partial charge in [0.2, 0.25) is 0 Å². The Kier molecular flexibility index (Phi) is 4.51. The first-order valence-electron chi connectivity index (χ1n) is 3.93. The Morgan fingerprint density at radius 2 is 1.91 bits per heavy atom. The van der Waals surface area contributed by atoms with E-state index >= 15 is 0 Å². The minimum Gasteiger partial charge on any atom is -0.305 e. The number of nitrogens with one attached hydrogen (secondary N) is 1. The van der Waals surface area contributed by atoms with Crippen molar-refractivity contribution in [2.24, 2.45) is 0 Å². The third-order valence-electron chi connectivity index (χ3n) is 1.78. The normalized spacial score (nSPS) is 11.4. The molecule has 1 heteroatoms. The summed E-state index contributed by atoms with van der Waals surface area (Å²) in [5, 5.41) is 7.49. The first-order chi connectivity index (χ1) is 5.07. The van der Waals surface area contributed by atoms with Gasteiger partial charge in [0.05, 0.1) is 0 Å². The molecule has 0 rings (SSSR count). The summed E-state index contributed by atoms with van der Waals surface area (Å²) in [7, 11) is 0. The lowest BCUT2D eigenvalue weighted by atomic mass is 10.1. The van der Waals surface area contributed by atoms with Gasteiger partial charge in [-0.3, -0.25) is 0 Å². The molecule has 0 saturated heterocycles. The van der Waals surface area contributed by atoms with E-state index in [9.17, 15) is 0 Å². The van der Waals surface area contributed by atoms with Crippen molar-refractivity contribution >= 4 is 5.71 Å². The predicted molar refractivity (Wildman–Crippen MR) is 51.2 cm³/mol. The average Bonchev–Trinajstić information content (AvgIpc) is 1.99. The summed E-state index contributed by atoms with van der Waals surface area (Å²) in [6.45, 7) is 9.71. The zero-order valence-corrected chi connectivity index (χ0v) is 7.70. The molecule has 0 radical (unpaired) electrons. The Bertz CT molecular complexity index is 187. The second-order valence-electron chi connectivity index (χ2n) is 2.89. The van der Waals surface area contributed by atoms with Crippen LogP contribution in [0.5, 0.6) is 0 Å². The molecule has 0 spiro atoms. The summed E-state index contributed by atoms with van der Waals surface area (Å²) in [6, 6.07) is 0. The van der Waals surface area contributed by atoms with E-state index in [0.29, 0.717) is 5.71 Å². The molecule has 0 aromatic rings. The van der Waals surface area contributed by atoms with Crippen molar-refractivity contribution in [1.82, 2.24) is 0 Å². The highest BCUT2D eigenvalue weighted by molar-refractivity contribution is 5.96. The van der Waals surface area contributed by atoms with E-state index in [1.807, 2.05) is 13.8 Å². The molecule has 1 nitrogen and oxygen atoms in total. The molecular weight excluding hydrogens is 134 g/mol. The third-order valence-corrected chi connectivity index (χ3v) is 1.78. The van der Waals surface area contributed by atoms with Crippen molar-refractivity contribution in [1.29, 1.82) is 5.41 Å². The van der Waals surface area contributed by atoms with E-state index in [0.717, 1.165) is 18.4 Å². The summed E-state index contributed by atoms with van der Waals surface area (Å²) < 4.78 is 0. The van der Waals surface area contributed by atoms with Crippen LogP contribution in [-0.2, 0) is 0 Å². The highest BCUT2D eigenvalue weighted by atomic mass is 14.4. The van der Waals surface area contributed by atoms with Crippen molar-refractivity contribution in [3.05, 3.63) is 23.8 Å². The number of rotatable bonds is 4. The van der Waals surface area contributed by atoms with Gasteiger partial charge in [0.15, 0.2) is 0 Å². The number of hydrogen-bond acceptors (Lipinski definition) is 1. The first kappa shape index (κ1) is 10.2. The fourth-order valence-electron chi connectivity index (χ4n) is 0.680. The van der Waals surface area contributed by atoms with Crippen molar-refractivity contribution in [2.45, 2.75) is 33.6 Å². The molecule has 0 amide bonds. The molecule has 0 aliphatic rings. The van der Waals surface area contributed by atoms with Crippen LogP contribution in [0.25, 0.3) is 0 Å². The molecule has 0 aromatic carbocycles. The van der Waals surface area contributed by atoms with Crippen LogP contribution in [0.4, 0.5) is 0 Å². The van der Waals surface area contributed by atoms with Gasteiger partial charge in [0.25, 0.3) is 0 Å². The maximum absolute atomic E-state index is 7.49. The fourth-order valence-corrected chi connectivity index (χ4v) is 0.680. The second kappa shape index (κ2) is 4.89. The maximum Gasteiger partial charge on any atom is 0.0340 e. The van der Waals surface area contributed by atoms with Crippen molar-refractivity contribution in [3.63, 3.8) is 0 Å². The Hall–Kier alpha value is -0.850. The van der Waals surface area contributed by atoms with Crippen LogP contribution in [0.3, 0.4) is 0 Å². The minimum atomic E-state index is 0.672. The van der Waals surface area contributed by atoms with Crippen LogP contribution in [0, 0.1) is 5.41 Å². The quantitative estimate of drug-likeness (QED) is 0.470. The SMILES string of the molecule is C=C(C)C(=N)CCC(C)=CC. The molecule has 11 heavy (non-hydrogen) atoms. The van der Waals surface area contributed by atoms with Gasteiger partial charge in [0.1, 0.15) is 0 Å². The zero-order valence-electron chi connectivity index (χ0n) is 7.70. The van der Waals surface area contributed by atoms with Gasteiger partial charge in [-0.25, -0.2) is 0 Å². The Morgan fingerprint density at radius 3 is 2.27 bits per heavy atom. The van der Waals surface area contributed by atoms with Crippen LogP contribution >= 0.6 is 0 Å². The van der Waals surface area contributed by atoms with Crippen molar-refractivity contribution in [3.8, 4) is 0 Å². The van der Waals surface area contributed by atoms with E-state index in [1.165, 1.54) is 5.57 Å². The van der Waals surface area contributed by atoms with Crippen LogP contribution in [0.15, 0.2) is 23.8 Å². The molecule has 0 aliphatic carbocycles. The minimum absolute atomic E-state index is 0.672. The molecule has 0 aromatic heterocycles. The lowest BCUT2D eigenvalue weighted by Crippen LogP contribution is -1.96. The summed E-state index contributed by atoms with van der Waals surface area (Å²) in [6.07, 6.45) is 3.90. The molecular formula is C10H17N. The van der Waals surface area contributed by atoms with Gasteiger partial charge in [-0.1, -0.05) is 18.2 Å². The van der Waals surface area contributed by atoms with E-state index in [2.05, 4.69) is 19.6 Å². The molecule has 1 N–H and O–H groups in total. The third kappa shape index (κ3) is 4.54. The van der Waals surface area contributed by atoms with Crippen LogP contribution < -0.4 is 0 Å². The van der Waals surface area contributed by atoms with Gasteiger partial charge >= 0.3 is 0 Å². The highest BCUT2D eigenvalue weighted by Crippen LogP contribution is 2.06. The standard InChI is InChI=1S/C10H17N/c1-5-9(4)6-7-10(11)8(2)3/h5,11H,2,6-7H2,1,3-4H3. The molecule has 0 heterocycles. The van der Waals surface area contributed by atoms with E-state index in [4.69, 9.17) is 5.41 Å². The lowest BCUT2D eigenvalue weighted by Gasteiger charge is -2.02. The smallest absolute Gasteiger partial charge is 0.0340 e. The zero-order chi connectivity index (χ0) is 8.85. The molecule has 62 valence electrons. The Morgan fingerprint density at radius 1 is 1.36 bits per heavy atom. The molecule has 0 atom stereocenters. The molecule has 0 fully saturated rings. The maximum atomic E-state index is 7.49. The van der Waals surface area contributed by atoms with Gasteiger partial charge in [0, 0.05) is 5.71 Å². The van der Waals surface area contributed by atoms with Crippen molar-refractivity contribution < 1.29 is 0 Å². The van der Waals surface area contributed by atoms with Crippen LogP contribution in [-0.4, -0.2) is 5.71 Å². The Labute approximate surface area is 69.3 Å². The van der Waals surface area contributed by atoms with Gasteiger partial charge in [-0.05, 0) is 39.2 Å². The average molecular weight is 151 g/mol. The van der Waals surface area contributed by atoms with Gasteiger partial charge in [-0.15, -0.1) is 0 Å². The highest BCUT2D eigenvalue weighted by Gasteiger charge is 1.96. The lowest BCUT2D eigenvalue weighted by molar-refractivity contribution is 0.997.